The summed E-state index contributed by atoms with van der Waals surface area (Å²) >= 11 is 0. The second-order valence-electron chi connectivity index (χ2n) is 3.23. The van der Waals surface area contributed by atoms with E-state index in [0.717, 1.165) is 25.7 Å². The van der Waals surface area contributed by atoms with Crippen LogP contribution in [0.5, 0.6) is 0 Å². The number of unbranched alkanes of at least 4 members (excludes halogenated alkanes) is 2. The molecule has 0 saturated heterocycles. The first-order valence-corrected chi connectivity index (χ1v) is 5.31. The maximum Gasteiger partial charge on any atom is 0.206 e. The van der Waals surface area contributed by atoms with Crippen molar-refractivity contribution < 1.29 is 19.7 Å². The average molecular weight is 206 g/mol. The molecule has 0 amide bonds. The van der Waals surface area contributed by atoms with Crippen LogP contribution in [0.3, 0.4) is 0 Å². The number of hydrogen-bond acceptors (Lipinski definition) is 4. The van der Waals surface area contributed by atoms with Crippen LogP contribution in [0.25, 0.3) is 0 Å². The third-order valence-electron chi connectivity index (χ3n) is 1.82. The van der Waals surface area contributed by atoms with Crippen LogP contribution < -0.4 is 0 Å². The molecule has 0 aromatic carbocycles. The van der Waals surface area contributed by atoms with Crippen molar-refractivity contribution in [1.82, 2.24) is 0 Å². The van der Waals surface area contributed by atoms with E-state index in [1.54, 1.807) is 0 Å². The molecule has 0 fully saturated rings. The van der Waals surface area contributed by atoms with Gasteiger partial charge in [0.05, 0.1) is 0 Å². The monoisotopic (exact) mass is 206 g/mol. The molecule has 2 N–H and O–H groups in total. The molecule has 0 spiro atoms. The van der Waals surface area contributed by atoms with Gasteiger partial charge in [-0.1, -0.05) is 26.7 Å². The topological polar surface area (TPSA) is 58.9 Å². The van der Waals surface area contributed by atoms with Crippen molar-refractivity contribution in [2.45, 2.75) is 52.1 Å². The van der Waals surface area contributed by atoms with Gasteiger partial charge in [0.2, 0.25) is 12.6 Å². The minimum absolute atomic E-state index is 0.450. The smallest absolute Gasteiger partial charge is 0.206 e. The van der Waals surface area contributed by atoms with Crippen LogP contribution in [0.15, 0.2) is 0 Å². The first kappa shape index (κ1) is 13.8. The van der Waals surface area contributed by atoms with Crippen molar-refractivity contribution in [3.8, 4) is 0 Å². The molecule has 2 unspecified atom stereocenters. The van der Waals surface area contributed by atoms with E-state index in [1.165, 1.54) is 0 Å². The van der Waals surface area contributed by atoms with Gasteiger partial charge in [0.25, 0.3) is 0 Å². The molecule has 0 bridgehead atoms. The summed E-state index contributed by atoms with van der Waals surface area (Å²) in [6, 6.07) is 0. The Morgan fingerprint density at radius 3 is 1.50 bits per heavy atom. The zero-order chi connectivity index (χ0) is 10.8. The van der Waals surface area contributed by atoms with Gasteiger partial charge in [-0.3, -0.25) is 0 Å². The second-order valence-corrected chi connectivity index (χ2v) is 3.23. The summed E-state index contributed by atoms with van der Waals surface area (Å²) in [7, 11) is 0. The number of rotatable bonds is 9. The summed E-state index contributed by atoms with van der Waals surface area (Å²) in [5, 5.41) is 18.5. The summed E-state index contributed by atoms with van der Waals surface area (Å²) in [4.78, 5) is 0. The van der Waals surface area contributed by atoms with Gasteiger partial charge in [0.1, 0.15) is 0 Å². The molecule has 0 aliphatic heterocycles. The Kier molecular flexibility index (Phi) is 9.29. The van der Waals surface area contributed by atoms with Crippen LogP contribution in [0.1, 0.15) is 39.5 Å². The fraction of sp³-hybridized carbons (Fsp3) is 1.00. The minimum Gasteiger partial charge on any atom is -0.364 e. The molecular formula is C10H22O4. The Hall–Kier alpha value is -0.160. The Balaban J connectivity index is 3.39. The van der Waals surface area contributed by atoms with Gasteiger partial charge in [-0.05, 0) is 12.8 Å². The molecular weight excluding hydrogens is 184 g/mol. The fourth-order valence-corrected chi connectivity index (χ4v) is 0.861. The molecule has 0 rings (SSSR count). The van der Waals surface area contributed by atoms with Crippen LogP contribution >= 0.6 is 0 Å². The van der Waals surface area contributed by atoms with Gasteiger partial charge in [0, 0.05) is 13.2 Å². The van der Waals surface area contributed by atoms with E-state index < -0.39 is 12.6 Å². The predicted molar refractivity (Wildman–Crippen MR) is 53.7 cm³/mol. The summed E-state index contributed by atoms with van der Waals surface area (Å²) in [5.41, 5.74) is 0. The van der Waals surface area contributed by atoms with Crippen LogP contribution in [0.4, 0.5) is 0 Å². The van der Waals surface area contributed by atoms with Crippen LogP contribution in [0.2, 0.25) is 0 Å². The molecule has 0 saturated carbocycles. The maximum absolute atomic E-state index is 9.25. The van der Waals surface area contributed by atoms with E-state index in [0.29, 0.717) is 13.2 Å². The predicted octanol–water partition coefficient (Wildman–Crippen LogP) is 1.26. The number of aliphatic hydroxyl groups excluding tert-OH is 2. The zero-order valence-corrected chi connectivity index (χ0v) is 9.11. The second kappa shape index (κ2) is 9.40. The van der Waals surface area contributed by atoms with Gasteiger partial charge in [-0.2, -0.15) is 0 Å². The third-order valence-corrected chi connectivity index (χ3v) is 1.82. The Bertz CT molecular complexity index is 105. The summed E-state index contributed by atoms with van der Waals surface area (Å²) in [5.74, 6) is 0. The van der Waals surface area contributed by atoms with Crippen molar-refractivity contribution in [1.29, 1.82) is 0 Å². The van der Waals surface area contributed by atoms with Gasteiger partial charge in [-0.15, -0.1) is 0 Å². The van der Waals surface area contributed by atoms with Crippen molar-refractivity contribution in [3.05, 3.63) is 0 Å². The lowest BCUT2D eigenvalue weighted by molar-refractivity contribution is -0.251. The lowest BCUT2D eigenvalue weighted by Gasteiger charge is -2.18. The van der Waals surface area contributed by atoms with Crippen molar-refractivity contribution >= 4 is 0 Å². The lowest BCUT2D eigenvalue weighted by atomic mass is 10.3. The highest BCUT2D eigenvalue weighted by molar-refractivity contribution is 4.46. The van der Waals surface area contributed by atoms with Gasteiger partial charge in [0.15, 0.2) is 0 Å². The molecule has 4 nitrogen and oxygen atoms in total. The standard InChI is InChI=1S/C10H22O4/c1-3-5-7-13-9(11)10(12)14-8-6-4-2/h9-12H,3-8H2,1-2H3. The molecule has 14 heavy (non-hydrogen) atoms. The molecule has 0 aliphatic rings. The summed E-state index contributed by atoms with van der Waals surface area (Å²) in [6.07, 6.45) is 1.30. The van der Waals surface area contributed by atoms with E-state index in [9.17, 15) is 10.2 Å². The zero-order valence-electron chi connectivity index (χ0n) is 9.11. The van der Waals surface area contributed by atoms with E-state index in [1.807, 2.05) is 13.8 Å². The Morgan fingerprint density at radius 1 is 0.857 bits per heavy atom. The first-order chi connectivity index (χ1) is 6.72. The van der Waals surface area contributed by atoms with Crippen LogP contribution in [0, 0.1) is 0 Å². The van der Waals surface area contributed by atoms with E-state index in [-0.39, 0.29) is 0 Å². The molecule has 0 heterocycles. The third kappa shape index (κ3) is 7.26. The highest BCUT2D eigenvalue weighted by Gasteiger charge is 2.16. The van der Waals surface area contributed by atoms with E-state index in [4.69, 9.17) is 9.47 Å². The van der Waals surface area contributed by atoms with Crippen molar-refractivity contribution in [2.24, 2.45) is 0 Å². The van der Waals surface area contributed by atoms with Gasteiger partial charge < -0.3 is 19.7 Å². The highest BCUT2D eigenvalue weighted by atomic mass is 16.7. The number of hydrogen-bond donors (Lipinski definition) is 2. The van der Waals surface area contributed by atoms with Crippen molar-refractivity contribution in [3.63, 3.8) is 0 Å². The summed E-state index contributed by atoms with van der Waals surface area (Å²) < 4.78 is 9.91. The lowest BCUT2D eigenvalue weighted by Crippen LogP contribution is -2.31. The maximum atomic E-state index is 9.25. The van der Waals surface area contributed by atoms with Crippen LogP contribution in [-0.4, -0.2) is 36.0 Å². The molecule has 86 valence electrons. The number of aliphatic hydroxyl groups is 2. The molecule has 4 heteroatoms. The summed E-state index contributed by atoms with van der Waals surface area (Å²) in [6.45, 7) is 4.96. The SMILES string of the molecule is CCCCOC(O)C(O)OCCCC. The Morgan fingerprint density at radius 2 is 1.21 bits per heavy atom. The van der Waals surface area contributed by atoms with Crippen molar-refractivity contribution in [2.75, 3.05) is 13.2 Å². The molecule has 0 aromatic heterocycles. The highest BCUT2D eigenvalue weighted by Crippen LogP contribution is 2.01. The molecule has 0 aromatic rings. The van der Waals surface area contributed by atoms with Gasteiger partial charge in [-0.25, -0.2) is 0 Å². The molecule has 0 radical (unpaired) electrons. The number of ether oxygens (including phenoxy) is 2. The molecule has 2 atom stereocenters. The van der Waals surface area contributed by atoms with Crippen LogP contribution in [-0.2, 0) is 9.47 Å². The molecule has 0 aliphatic carbocycles. The quantitative estimate of drug-likeness (QED) is 0.440. The minimum atomic E-state index is -1.22. The Labute approximate surface area is 85.8 Å². The largest absolute Gasteiger partial charge is 0.364 e. The van der Waals surface area contributed by atoms with E-state index >= 15 is 0 Å². The van der Waals surface area contributed by atoms with E-state index in [2.05, 4.69) is 0 Å². The normalized spacial score (nSPS) is 15.4. The average Bonchev–Trinajstić information content (AvgIpc) is 2.18. The fourth-order valence-electron chi connectivity index (χ4n) is 0.861. The van der Waals surface area contributed by atoms with Gasteiger partial charge >= 0.3 is 0 Å². The first-order valence-electron chi connectivity index (χ1n) is 5.31.